The standard InChI is InChI=1S/C18H24/c1-8-4-11-6-12(8)18-14-7-13(17(11)18)15-9-2-3-10(5-9)16(14)15/h2-3,8-18H,4-7H2,1H3/t8-,9-,10+,11+,12-,13-,14+,15?,16?,17?,18?/m1/s1. The van der Waals surface area contributed by atoms with Crippen LogP contribution in [0.3, 0.4) is 0 Å². The average Bonchev–Trinajstić information content (AvgIpc) is 3.14. The Morgan fingerprint density at radius 1 is 0.667 bits per heavy atom. The van der Waals surface area contributed by atoms with Crippen molar-refractivity contribution in [3.05, 3.63) is 12.2 Å². The van der Waals surface area contributed by atoms with Gasteiger partial charge in [-0.1, -0.05) is 19.1 Å². The zero-order valence-electron chi connectivity index (χ0n) is 11.3. The molecular weight excluding hydrogens is 216 g/mol. The Bertz CT molecular complexity index is 449. The summed E-state index contributed by atoms with van der Waals surface area (Å²) < 4.78 is 0. The molecule has 6 bridgehead atoms. The zero-order chi connectivity index (χ0) is 11.6. The summed E-state index contributed by atoms with van der Waals surface area (Å²) in [6.07, 6.45) is 11.6. The van der Waals surface area contributed by atoms with E-state index in [0.717, 1.165) is 41.4 Å². The van der Waals surface area contributed by atoms with E-state index >= 15 is 0 Å². The van der Waals surface area contributed by atoms with Crippen LogP contribution >= 0.6 is 0 Å². The summed E-state index contributed by atoms with van der Waals surface area (Å²) in [6, 6.07) is 0. The highest BCUT2D eigenvalue weighted by Crippen LogP contribution is 2.76. The molecule has 5 saturated carbocycles. The first kappa shape index (κ1) is 9.61. The molecule has 11 atom stereocenters. The third-order valence-corrected chi connectivity index (χ3v) is 8.57. The van der Waals surface area contributed by atoms with Crippen LogP contribution in [-0.2, 0) is 0 Å². The topological polar surface area (TPSA) is 0 Å². The van der Waals surface area contributed by atoms with Crippen molar-refractivity contribution in [1.29, 1.82) is 0 Å². The fourth-order valence-electron chi connectivity index (χ4n) is 8.58. The number of hydrogen-bond donors (Lipinski definition) is 0. The molecule has 0 aromatic carbocycles. The van der Waals surface area contributed by atoms with Crippen molar-refractivity contribution in [2.24, 2.45) is 65.1 Å². The first-order valence-corrected chi connectivity index (χ1v) is 8.51. The Morgan fingerprint density at radius 3 is 2.17 bits per heavy atom. The SMILES string of the molecule is C[C@@H]1C[C@H]2C[C@H]1C1C2[C@@H]2C[C@H]1C1C2[C@@H]2C=C[C@H]1C2. The van der Waals surface area contributed by atoms with Gasteiger partial charge in [0.1, 0.15) is 0 Å². The smallest absolute Gasteiger partial charge is 0.0194 e. The third kappa shape index (κ3) is 0.816. The van der Waals surface area contributed by atoms with Crippen molar-refractivity contribution < 1.29 is 0 Å². The first-order valence-electron chi connectivity index (χ1n) is 8.51. The zero-order valence-corrected chi connectivity index (χ0v) is 11.3. The Balaban J connectivity index is 1.46. The van der Waals surface area contributed by atoms with E-state index in [2.05, 4.69) is 19.1 Å². The van der Waals surface area contributed by atoms with Crippen LogP contribution in [0, 0.1) is 65.1 Å². The molecule has 6 aliphatic carbocycles. The van der Waals surface area contributed by atoms with E-state index in [1.54, 1.807) is 25.7 Å². The Labute approximate surface area is 110 Å². The molecule has 0 aromatic heterocycles. The van der Waals surface area contributed by atoms with Crippen LogP contribution in [0.5, 0.6) is 0 Å². The lowest BCUT2D eigenvalue weighted by molar-refractivity contribution is 0.0330. The minimum Gasteiger partial charge on any atom is -0.0848 e. The highest BCUT2D eigenvalue weighted by Gasteiger charge is 2.70. The van der Waals surface area contributed by atoms with Crippen molar-refractivity contribution in [3.63, 3.8) is 0 Å². The maximum atomic E-state index is 2.61. The van der Waals surface area contributed by atoms with E-state index in [1.807, 2.05) is 0 Å². The predicted octanol–water partition coefficient (Wildman–Crippen LogP) is 3.98. The summed E-state index contributed by atoms with van der Waals surface area (Å²) in [7, 11) is 0. The molecule has 0 heteroatoms. The second kappa shape index (κ2) is 2.76. The average molecular weight is 240 g/mol. The van der Waals surface area contributed by atoms with Crippen LogP contribution in [0.15, 0.2) is 12.2 Å². The molecular formula is C18H24. The summed E-state index contributed by atoms with van der Waals surface area (Å²) in [5.74, 6) is 12.5. The van der Waals surface area contributed by atoms with E-state index < -0.39 is 0 Å². The van der Waals surface area contributed by atoms with Gasteiger partial charge >= 0.3 is 0 Å². The minimum atomic E-state index is 1.02. The van der Waals surface area contributed by atoms with Crippen LogP contribution in [0.25, 0.3) is 0 Å². The van der Waals surface area contributed by atoms with E-state index in [4.69, 9.17) is 0 Å². The monoisotopic (exact) mass is 240 g/mol. The van der Waals surface area contributed by atoms with Crippen LogP contribution in [0.2, 0.25) is 0 Å². The number of fused-ring (bicyclic) bond motifs is 16. The summed E-state index contributed by atoms with van der Waals surface area (Å²) >= 11 is 0. The summed E-state index contributed by atoms with van der Waals surface area (Å²) in [6.45, 7) is 2.56. The van der Waals surface area contributed by atoms with E-state index in [1.165, 1.54) is 23.7 Å². The van der Waals surface area contributed by atoms with Crippen molar-refractivity contribution in [2.45, 2.75) is 32.6 Å². The molecule has 96 valence electrons. The van der Waals surface area contributed by atoms with Crippen molar-refractivity contribution in [1.82, 2.24) is 0 Å². The molecule has 5 fully saturated rings. The van der Waals surface area contributed by atoms with Crippen LogP contribution in [0.1, 0.15) is 32.6 Å². The van der Waals surface area contributed by atoms with Crippen molar-refractivity contribution in [2.75, 3.05) is 0 Å². The van der Waals surface area contributed by atoms with E-state index in [-0.39, 0.29) is 0 Å². The molecule has 0 nitrogen and oxygen atoms in total. The van der Waals surface area contributed by atoms with Gasteiger partial charge in [0.05, 0.1) is 0 Å². The van der Waals surface area contributed by atoms with Crippen molar-refractivity contribution in [3.8, 4) is 0 Å². The quantitative estimate of drug-likeness (QED) is 0.444. The summed E-state index contributed by atoms with van der Waals surface area (Å²) in [4.78, 5) is 0. The lowest BCUT2D eigenvalue weighted by Gasteiger charge is -2.45. The second-order valence-corrected chi connectivity index (χ2v) is 8.69. The third-order valence-electron chi connectivity index (χ3n) is 8.57. The van der Waals surface area contributed by atoms with Gasteiger partial charge in [-0.15, -0.1) is 0 Å². The fourth-order valence-corrected chi connectivity index (χ4v) is 8.58. The molecule has 18 heavy (non-hydrogen) atoms. The van der Waals surface area contributed by atoms with Crippen LogP contribution in [-0.4, -0.2) is 0 Å². The summed E-state index contributed by atoms with van der Waals surface area (Å²) in [5, 5.41) is 0. The Morgan fingerprint density at radius 2 is 1.39 bits per heavy atom. The Kier molecular flexibility index (Phi) is 1.48. The number of allylic oxidation sites excluding steroid dienone is 2. The van der Waals surface area contributed by atoms with Gasteiger partial charge in [0.15, 0.2) is 0 Å². The molecule has 4 unspecified atom stereocenters. The molecule has 0 heterocycles. The van der Waals surface area contributed by atoms with Gasteiger partial charge in [-0.05, 0) is 90.8 Å². The molecule has 6 rings (SSSR count). The molecule has 0 aliphatic heterocycles. The molecule has 0 radical (unpaired) electrons. The molecule has 0 saturated heterocycles. The van der Waals surface area contributed by atoms with Gasteiger partial charge in [0.2, 0.25) is 0 Å². The van der Waals surface area contributed by atoms with Crippen LogP contribution in [0.4, 0.5) is 0 Å². The first-order chi connectivity index (χ1) is 8.83. The molecule has 0 amide bonds. The maximum absolute atomic E-state index is 2.61. The fraction of sp³-hybridized carbons (Fsp3) is 0.889. The highest BCUT2D eigenvalue weighted by atomic mass is 14.7. The van der Waals surface area contributed by atoms with Gasteiger partial charge in [-0.25, -0.2) is 0 Å². The molecule has 0 spiro atoms. The normalized spacial score (nSPS) is 73.3. The van der Waals surface area contributed by atoms with Gasteiger partial charge in [-0.2, -0.15) is 0 Å². The van der Waals surface area contributed by atoms with Crippen LogP contribution < -0.4 is 0 Å². The van der Waals surface area contributed by atoms with E-state index in [0.29, 0.717) is 0 Å². The maximum Gasteiger partial charge on any atom is -0.0194 e. The van der Waals surface area contributed by atoms with Gasteiger partial charge in [0.25, 0.3) is 0 Å². The second-order valence-electron chi connectivity index (χ2n) is 8.69. The minimum absolute atomic E-state index is 1.02. The van der Waals surface area contributed by atoms with Gasteiger partial charge in [0, 0.05) is 0 Å². The largest absolute Gasteiger partial charge is 0.0848 e. The van der Waals surface area contributed by atoms with Gasteiger partial charge in [-0.3, -0.25) is 0 Å². The number of rotatable bonds is 0. The van der Waals surface area contributed by atoms with E-state index in [9.17, 15) is 0 Å². The lowest BCUT2D eigenvalue weighted by Crippen LogP contribution is -2.41. The Hall–Kier alpha value is -0.260. The molecule has 6 aliphatic rings. The highest BCUT2D eigenvalue weighted by molar-refractivity contribution is 5.24. The van der Waals surface area contributed by atoms with Gasteiger partial charge < -0.3 is 0 Å². The molecule has 0 aromatic rings. The predicted molar refractivity (Wildman–Crippen MR) is 71.7 cm³/mol. The molecule has 0 N–H and O–H groups in total. The van der Waals surface area contributed by atoms with Crippen molar-refractivity contribution >= 4 is 0 Å². The number of hydrogen-bond acceptors (Lipinski definition) is 0. The summed E-state index contributed by atoms with van der Waals surface area (Å²) in [5.41, 5.74) is 0. The lowest BCUT2D eigenvalue weighted by atomic mass is 9.59.